The van der Waals surface area contributed by atoms with Gasteiger partial charge in [0.2, 0.25) is 0 Å². The fourth-order valence-corrected chi connectivity index (χ4v) is 3.84. The summed E-state index contributed by atoms with van der Waals surface area (Å²) in [5, 5.41) is 1.14. The Hall–Kier alpha value is -0.930. The van der Waals surface area contributed by atoms with E-state index in [0.29, 0.717) is 0 Å². The Bertz CT molecular complexity index is 495. The minimum Gasteiger partial charge on any atom is -0.459 e. The van der Waals surface area contributed by atoms with Gasteiger partial charge in [-0.1, -0.05) is 18.2 Å². The zero-order chi connectivity index (χ0) is 11.9. The minimum absolute atomic E-state index is 0.0117. The van der Waals surface area contributed by atoms with E-state index in [2.05, 4.69) is 19.1 Å². The first-order valence-corrected chi connectivity index (χ1v) is 7.06. The molecule has 0 saturated carbocycles. The van der Waals surface area contributed by atoms with Crippen LogP contribution in [0.2, 0.25) is 0 Å². The molecule has 2 nitrogen and oxygen atoms in total. The van der Waals surface area contributed by atoms with Crippen molar-refractivity contribution in [2.45, 2.75) is 30.6 Å². The lowest BCUT2D eigenvalue weighted by Gasteiger charge is -2.28. The summed E-state index contributed by atoms with van der Waals surface area (Å²) in [6, 6.07) is 10.2. The Balaban J connectivity index is 1.97. The first-order chi connectivity index (χ1) is 8.19. The number of hydrogen-bond donors (Lipinski definition) is 1. The number of para-hydroxylation sites is 1. The lowest BCUT2D eigenvalue weighted by Crippen LogP contribution is -2.32. The third-order valence-electron chi connectivity index (χ3n) is 3.66. The molecule has 0 radical (unpaired) electrons. The second-order valence-electron chi connectivity index (χ2n) is 4.93. The number of benzene rings is 1. The molecule has 1 aromatic carbocycles. The van der Waals surface area contributed by atoms with E-state index in [1.54, 1.807) is 0 Å². The molecule has 0 spiro atoms. The lowest BCUT2D eigenvalue weighted by molar-refractivity contribution is 0.418. The third kappa shape index (κ3) is 1.87. The van der Waals surface area contributed by atoms with E-state index in [-0.39, 0.29) is 10.8 Å². The molecule has 2 aromatic rings. The van der Waals surface area contributed by atoms with Gasteiger partial charge in [0.25, 0.3) is 0 Å². The van der Waals surface area contributed by atoms with Crippen molar-refractivity contribution in [3.8, 4) is 0 Å². The summed E-state index contributed by atoms with van der Waals surface area (Å²) in [5.74, 6) is 2.13. The standard InChI is InChI=1S/C14H17NOS/c1-14(7-4-8-17-14)13(15)12-9-10-5-2-3-6-11(10)16-12/h2-3,5-6,9,13H,4,7-8,15H2,1H3. The van der Waals surface area contributed by atoms with Gasteiger partial charge in [-0.05, 0) is 37.7 Å². The largest absolute Gasteiger partial charge is 0.459 e. The van der Waals surface area contributed by atoms with Crippen LogP contribution < -0.4 is 5.73 Å². The second kappa shape index (κ2) is 4.07. The van der Waals surface area contributed by atoms with E-state index in [0.717, 1.165) is 16.7 Å². The van der Waals surface area contributed by atoms with Gasteiger partial charge >= 0.3 is 0 Å². The average molecular weight is 247 g/mol. The summed E-state index contributed by atoms with van der Waals surface area (Å²) in [7, 11) is 0. The van der Waals surface area contributed by atoms with Crippen LogP contribution in [0.5, 0.6) is 0 Å². The minimum atomic E-state index is -0.0117. The molecule has 1 saturated heterocycles. The smallest absolute Gasteiger partial charge is 0.134 e. The molecule has 3 rings (SSSR count). The van der Waals surface area contributed by atoms with Crippen LogP contribution in [0, 0.1) is 0 Å². The number of thioether (sulfide) groups is 1. The van der Waals surface area contributed by atoms with Crippen LogP contribution in [0.15, 0.2) is 34.7 Å². The third-order valence-corrected chi connectivity index (χ3v) is 5.27. The molecular formula is C14H17NOS. The van der Waals surface area contributed by atoms with Crippen molar-refractivity contribution in [2.75, 3.05) is 5.75 Å². The van der Waals surface area contributed by atoms with Crippen molar-refractivity contribution < 1.29 is 4.42 Å². The van der Waals surface area contributed by atoms with Crippen molar-refractivity contribution in [2.24, 2.45) is 5.73 Å². The van der Waals surface area contributed by atoms with Crippen LogP contribution in [-0.2, 0) is 0 Å². The molecule has 1 aliphatic rings. The normalized spacial score (nSPS) is 26.5. The summed E-state index contributed by atoms with van der Waals surface area (Å²) in [6.07, 6.45) is 2.44. The van der Waals surface area contributed by atoms with Crippen molar-refractivity contribution in [3.05, 3.63) is 36.1 Å². The number of nitrogens with two attached hydrogens (primary N) is 1. The fourth-order valence-electron chi connectivity index (χ4n) is 2.50. The molecule has 0 amide bonds. The van der Waals surface area contributed by atoms with Crippen LogP contribution in [0.25, 0.3) is 11.0 Å². The molecular weight excluding hydrogens is 230 g/mol. The number of hydrogen-bond acceptors (Lipinski definition) is 3. The first kappa shape index (κ1) is 11.2. The topological polar surface area (TPSA) is 39.2 Å². The van der Waals surface area contributed by atoms with Gasteiger partial charge in [-0.25, -0.2) is 0 Å². The molecule has 2 N–H and O–H groups in total. The molecule has 0 bridgehead atoms. The van der Waals surface area contributed by atoms with Gasteiger partial charge in [0.05, 0.1) is 6.04 Å². The quantitative estimate of drug-likeness (QED) is 0.879. The highest BCUT2D eigenvalue weighted by Gasteiger charge is 2.38. The summed E-state index contributed by atoms with van der Waals surface area (Å²) in [5.41, 5.74) is 7.32. The van der Waals surface area contributed by atoms with Crippen LogP contribution in [0.1, 0.15) is 31.6 Å². The van der Waals surface area contributed by atoms with Crippen molar-refractivity contribution >= 4 is 22.7 Å². The van der Waals surface area contributed by atoms with E-state index in [1.807, 2.05) is 30.0 Å². The van der Waals surface area contributed by atoms with Gasteiger partial charge in [0.15, 0.2) is 0 Å². The Morgan fingerprint density at radius 3 is 2.94 bits per heavy atom. The highest BCUT2D eigenvalue weighted by atomic mass is 32.2. The fraction of sp³-hybridized carbons (Fsp3) is 0.429. The van der Waals surface area contributed by atoms with Gasteiger partial charge < -0.3 is 10.2 Å². The predicted octanol–water partition coefficient (Wildman–Crippen LogP) is 3.72. The summed E-state index contributed by atoms with van der Waals surface area (Å²) >= 11 is 1.97. The van der Waals surface area contributed by atoms with E-state index in [4.69, 9.17) is 10.2 Å². The maximum atomic E-state index is 6.38. The highest BCUT2D eigenvalue weighted by molar-refractivity contribution is 8.00. The Kier molecular flexibility index (Phi) is 2.68. The van der Waals surface area contributed by atoms with E-state index < -0.39 is 0 Å². The maximum Gasteiger partial charge on any atom is 0.134 e. The van der Waals surface area contributed by atoms with Crippen molar-refractivity contribution in [1.82, 2.24) is 0 Å². The predicted molar refractivity (Wildman–Crippen MR) is 73.2 cm³/mol. The number of rotatable bonds is 2. The second-order valence-corrected chi connectivity index (χ2v) is 6.56. The van der Waals surface area contributed by atoms with Crippen molar-refractivity contribution in [3.63, 3.8) is 0 Å². The van der Waals surface area contributed by atoms with Gasteiger partial charge in [-0.3, -0.25) is 0 Å². The molecule has 17 heavy (non-hydrogen) atoms. The molecule has 1 aliphatic heterocycles. The summed E-state index contributed by atoms with van der Waals surface area (Å²) in [4.78, 5) is 0. The highest BCUT2D eigenvalue weighted by Crippen LogP contribution is 2.46. The Morgan fingerprint density at radius 2 is 2.24 bits per heavy atom. The van der Waals surface area contributed by atoms with Gasteiger partial charge in [0.1, 0.15) is 11.3 Å². The van der Waals surface area contributed by atoms with E-state index in [9.17, 15) is 0 Å². The van der Waals surface area contributed by atoms with Crippen LogP contribution in [-0.4, -0.2) is 10.5 Å². The molecule has 2 unspecified atom stereocenters. The zero-order valence-electron chi connectivity index (χ0n) is 9.98. The van der Waals surface area contributed by atoms with Crippen molar-refractivity contribution in [1.29, 1.82) is 0 Å². The molecule has 3 heteroatoms. The maximum absolute atomic E-state index is 6.38. The Morgan fingerprint density at radius 1 is 1.41 bits per heavy atom. The van der Waals surface area contributed by atoms with Crippen LogP contribution in [0.4, 0.5) is 0 Å². The lowest BCUT2D eigenvalue weighted by atomic mass is 9.95. The number of furan rings is 1. The Labute approximate surface area is 106 Å². The van der Waals surface area contributed by atoms with Crippen LogP contribution in [0.3, 0.4) is 0 Å². The molecule has 2 atom stereocenters. The molecule has 2 heterocycles. The first-order valence-electron chi connectivity index (χ1n) is 6.07. The summed E-state index contributed by atoms with van der Waals surface area (Å²) < 4.78 is 6.00. The molecule has 90 valence electrons. The SMILES string of the molecule is CC1(C(N)c2cc3ccccc3o2)CCCS1. The van der Waals surface area contributed by atoms with Gasteiger partial charge in [-0.2, -0.15) is 11.8 Å². The molecule has 0 aliphatic carbocycles. The molecule has 1 aromatic heterocycles. The average Bonchev–Trinajstić information content (AvgIpc) is 2.94. The molecule has 1 fully saturated rings. The summed E-state index contributed by atoms with van der Waals surface area (Å²) in [6.45, 7) is 2.25. The van der Waals surface area contributed by atoms with E-state index in [1.165, 1.54) is 18.6 Å². The van der Waals surface area contributed by atoms with Gasteiger partial charge in [-0.15, -0.1) is 0 Å². The monoisotopic (exact) mass is 247 g/mol. The number of fused-ring (bicyclic) bond motifs is 1. The zero-order valence-corrected chi connectivity index (χ0v) is 10.8. The van der Waals surface area contributed by atoms with Gasteiger partial charge in [0, 0.05) is 10.1 Å². The van der Waals surface area contributed by atoms with E-state index >= 15 is 0 Å². The van der Waals surface area contributed by atoms with Crippen LogP contribution >= 0.6 is 11.8 Å².